The second-order valence-electron chi connectivity index (χ2n) is 5.91. The Morgan fingerprint density at radius 1 is 1.29 bits per heavy atom. The maximum atomic E-state index is 11.7. The summed E-state index contributed by atoms with van der Waals surface area (Å²) in [7, 11) is 3.28. The molecule has 0 aliphatic carbocycles. The summed E-state index contributed by atoms with van der Waals surface area (Å²) in [6, 6.07) is 6.77. The van der Waals surface area contributed by atoms with E-state index < -0.39 is 0 Å². The molecule has 0 saturated carbocycles. The first-order valence-electron chi connectivity index (χ1n) is 8.47. The quantitative estimate of drug-likeness (QED) is 0.463. The zero-order valence-electron chi connectivity index (χ0n) is 15.2. The van der Waals surface area contributed by atoms with Crippen molar-refractivity contribution in [2.45, 2.75) is 0 Å². The normalized spacial score (nSPS) is 12.6. The van der Waals surface area contributed by atoms with Crippen LogP contribution in [0, 0.1) is 0 Å². The van der Waals surface area contributed by atoms with E-state index in [0.29, 0.717) is 40.1 Å². The highest BCUT2D eigenvalue weighted by Crippen LogP contribution is 2.36. The van der Waals surface area contributed by atoms with Crippen LogP contribution < -0.4 is 31.3 Å². The van der Waals surface area contributed by atoms with Gasteiger partial charge < -0.3 is 31.3 Å². The van der Waals surface area contributed by atoms with Crippen molar-refractivity contribution in [2.24, 2.45) is 0 Å². The van der Waals surface area contributed by atoms with E-state index in [9.17, 15) is 9.59 Å². The number of nitrogens with one attached hydrogen (secondary N) is 5. The second-order valence-corrected chi connectivity index (χ2v) is 5.91. The standard InChI is InChI=1S/C17H18N8O3/c1-18-13-6-12(23-16-10(7-20-25(13)16)22-17(27)19-2)21-9-4-3-5-11-15(9)24-14(26)8-28-11/h3-7,18H,8H2,1-2H3,(H,21,23)(H,24,26)(H2,19,22,27). The van der Waals surface area contributed by atoms with E-state index in [2.05, 4.69) is 36.7 Å². The molecule has 3 heterocycles. The van der Waals surface area contributed by atoms with Crippen molar-refractivity contribution < 1.29 is 14.3 Å². The zero-order chi connectivity index (χ0) is 19.7. The maximum Gasteiger partial charge on any atom is 0.319 e. The van der Waals surface area contributed by atoms with Crippen LogP contribution in [0.15, 0.2) is 30.5 Å². The molecule has 0 unspecified atom stereocenters. The van der Waals surface area contributed by atoms with Gasteiger partial charge in [0.05, 0.1) is 11.9 Å². The molecule has 11 heteroatoms. The molecule has 0 saturated heterocycles. The highest BCUT2D eigenvalue weighted by Gasteiger charge is 2.20. The van der Waals surface area contributed by atoms with E-state index in [-0.39, 0.29) is 18.5 Å². The predicted octanol–water partition coefficient (Wildman–Crippen LogP) is 1.60. The molecule has 28 heavy (non-hydrogen) atoms. The summed E-state index contributed by atoms with van der Waals surface area (Å²) in [5.74, 6) is 1.49. The van der Waals surface area contributed by atoms with Crippen LogP contribution in [-0.2, 0) is 4.79 Å². The SMILES string of the molecule is CNC(=O)Nc1cnn2c(NC)cc(Nc3cccc4c3NC(=O)CO4)nc12. The van der Waals surface area contributed by atoms with Gasteiger partial charge in [0.2, 0.25) is 0 Å². The van der Waals surface area contributed by atoms with Crippen LogP contribution in [0.1, 0.15) is 0 Å². The maximum absolute atomic E-state index is 11.7. The monoisotopic (exact) mass is 382 g/mol. The van der Waals surface area contributed by atoms with Crippen molar-refractivity contribution >= 4 is 46.3 Å². The van der Waals surface area contributed by atoms with Crippen molar-refractivity contribution in [2.75, 3.05) is 42.0 Å². The lowest BCUT2D eigenvalue weighted by Gasteiger charge is -2.21. The Morgan fingerprint density at radius 3 is 2.93 bits per heavy atom. The molecule has 0 fully saturated rings. The minimum Gasteiger partial charge on any atom is -0.481 e. The molecule has 3 amide bonds. The summed E-state index contributed by atoms with van der Waals surface area (Å²) >= 11 is 0. The topological polar surface area (TPSA) is 134 Å². The minimum absolute atomic E-state index is 0.0189. The third-order valence-corrected chi connectivity index (χ3v) is 4.12. The molecular formula is C17H18N8O3. The van der Waals surface area contributed by atoms with Crippen LogP contribution in [0.5, 0.6) is 5.75 Å². The number of aromatic nitrogens is 3. The van der Waals surface area contributed by atoms with Gasteiger partial charge in [0.1, 0.15) is 28.8 Å². The first kappa shape index (κ1) is 17.4. The number of nitrogens with zero attached hydrogens (tertiary/aromatic N) is 3. The number of rotatable bonds is 4. The number of benzene rings is 1. The van der Waals surface area contributed by atoms with Gasteiger partial charge in [-0.25, -0.2) is 9.78 Å². The fourth-order valence-electron chi connectivity index (χ4n) is 2.82. The molecule has 1 aliphatic heterocycles. The molecule has 0 atom stereocenters. The van der Waals surface area contributed by atoms with Gasteiger partial charge in [-0.3, -0.25) is 4.79 Å². The van der Waals surface area contributed by atoms with E-state index in [0.717, 1.165) is 0 Å². The number of fused-ring (bicyclic) bond motifs is 2. The number of carbonyl (C=O) groups is 2. The van der Waals surface area contributed by atoms with Gasteiger partial charge in [-0.05, 0) is 12.1 Å². The van der Waals surface area contributed by atoms with Crippen molar-refractivity contribution in [1.82, 2.24) is 19.9 Å². The summed E-state index contributed by atoms with van der Waals surface area (Å²) < 4.78 is 7.01. The fourth-order valence-corrected chi connectivity index (χ4v) is 2.82. The average Bonchev–Trinajstić information content (AvgIpc) is 3.10. The third kappa shape index (κ3) is 3.09. The molecule has 4 rings (SSSR count). The summed E-state index contributed by atoms with van der Waals surface area (Å²) in [4.78, 5) is 27.9. The van der Waals surface area contributed by atoms with Crippen LogP contribution in [0.2, 0.25) is 0 Å². The first-order chi connectivity index (χ1) is 13.6. The van der Waals surface area contributed by atoms with Crippen molar-refractivity contribution in [3.8, 4) is 5.75 Å². The number of para-hydroxylation sites is 1. The van der Waals surface area contributed by atoms with Gasteiger partial charge in [0.15, 0.2) is 12.3 Å². The Hall–Kier alpha value is -4.02. The van der Waals surface area contributed by atoms with Crippen molar-refractivity contribution in [3.05, 3.63) is 30.5 Å². The lowest BCUT2D eigenvalue weighted by Crippen LogP contribution is -2.26. The van der Waals surface area contributed by atoms with Crippen molar-refractivity contribution in [3.63, 3.8) is 0 Å². The Morgan fingerprint density at radius 2 is 2.14 bits per heavy atom. The largest absolute Gasteiger partial charge is 0.481 e. The highest BCUT2D eigenvalue weighted by atomic mass is 16.5. The molecule has 1 aromatic carbocycles. The lowest BCUT2D eigenvalue weighted by molar-refractivity contribution is -0.118. The van der Waals surface area contributed by atoms with E-state index in [1.807, 2.05) is 6.07 Å². The molecule has 1 aliphatic rings. The van der Waals surface area contributed by atoms with Gasteiger partial charge in [-0.2, -0.15) is 9.61 Å². The number of hydrogen-bond acceptors (Lipinski definition) is 7. The number of amides is 3. The Balaban J connectivity index is 1.74. The molecule has 3 aromatic rings. The van der Waals surface area contributed by atoms with E-state index in [1.165, 1.54) is 13.2 Å². The van der Waals surface area contributed by atoms with Crippen LogP contribution >= 0.6 is 0 Å². The van der Waals surface area contributed by atoms with Crippen molar-refractivity contribution in [1.29, 1.82) is 0 Å². The summed E-state index contributed by atoms with van der Waals surface area (Å²) in [6.07, 6.45) is 1.51. The molecule has 0 bridgehead atoms. The Kier molecular flexibility index (Phi) is 4.32. The molecule has 2 aromatic heterocycles. The molecule has 0 radical (unpaired) electrons. The molecular weight excluding hydrogens is 364 g/mol. The first-order valence-corrected chi connectivity index (χ1v) is 8.47. The van der Waals surface area contributed by atoms with Gasteiger partial charge >= 0.3 is 6.03 Å². The summed E-state index contributed by atoms with van der Waals surface area (Å²) in [6.45, 7) is -0.0189. The number of carbonyl (C=O) groups excluding carboxylic acids is 2. The van der Waals surface area contributed by atoms with Gasteiger partial charge in [-0.15, -0.1) is 0 Å². The van der Waals surface area contributed by atoms with Gasteiger partial charge in [-0.1, -0.05) is 6.07 Å². The van der Waals surface area contributed by atoms with Crippen LogP contribution in [0.4, 0.5) is 33.5 Å². The molecule has 0 spiro atoms. The third-order valence-electron chi connectivity index (χ3n) is 4.12. The zero-order valence-corrected chi connectivity index (χ0v) is 15.2. The van der Waals surface area contributed by atoms with Crippen LogP contribution in [-0.4, -0.2) is 47.2 Å². The Bertz CT molecular complexity index is 1080. The van der Waals surface area contributed by atoms with E-state index in [1.54, 1.807) is 29.8 Å². The molecule has 5 N–H and O–H groups in total. The van der Waals surface area contributed by atoms with Crippen LogP contribution in [0.3, 0.4) is 0 Å². The lowest BCUT2D eigenvalue weighted by atomic mass is 10.2. The van der Waals surface area contributed by atoms with E-state index >= 15 is 0 Å². The number of anilines is 5. The average molecular weight is 382 g/mol. The van der Waals surface area contributed by atoms with E-state index in [4.69, 9.17) is 4.74 Å². The summed E-state index contributed by atoms with van der Waals surface area (Å²) in [5, 5.41) is 18.5. The van der Waals surface area contributed by atoms with Gasteiger partial charge in [0, 0.05) is 20.2 Å². The molecule has 144 valence electrons. The number of ether oxygens (including phenoxy) is 1. The molecule has 11 nitrogen and oxygen atoms in total. The van der Waals surface area contributed by atoms with Crippen LogP contribution in [0.25, 0.3) is 5.65 Å². The van der Waals surface area contributed by atoms with Gasteiger partial charge in [0.25, 0.3) is 5.91 Å². The summed E-state index contributed by atoms with van der Waals surface area (Å²) in [5.41, 5.74) is 2.07. The smallest absolute Gasteiger partial charge is 0.319 e. The Labute approximate surface area is 159 Å². The second kappa shape index (κ2) is 6.95. The minimum atomic E-state index is -0.377. The number of hydrogen-bond donors (Lipinski definition) is 5. The number of urea groups is 1. The predicted molar refractivity (Wildman–Crippen MR) is 104 cm³/mol. The fraction of sp³-hybridized carbons (Fsp3) is 0.176. The highest BCUT2D eigenvalue weighted by molar-refractivity contribution is 6.00.